The zero-order valence-electron chi connectivity index (χ0n) is 11.8. The van der Waals surface area contributed by atoms with E-state index in [1.807, 2.05) is 26.1 Å². The second-order valence-corrected chi connectivity index (χ2v) is 4.61. The Hall–Kier alpha value is -2.70. The molecule has 0 aliphatic carbocycles. The monoisotopic (exact) mass is 283 g/mol. The fourth-order valence-electron chi connectivity index (χ4n) is 1.98. The van der Waals surface area contributed by atoms with Gasteiger partial charge in [-0.2, -0.15) is 5.10 Å². The smallest absolute Gasteiger partial charge is 0.171 e. The van der Waals surface area contributed by atoms with E-state index in [2.05, 4.69) is 32.3 Å². The summed E-state index contributed by atoms with van der Waals surface area (Å²) < 4.78 is 7.37. The van der Waals surface area contributed by atoms with Crippen LogP contribution in [-0.2, 0) is 7.05 Å². The number of nitrogens with zero attached hydrogens (tertiary/aromatic N) is 5. The molecule has 3 aromatic rings. The second-order valence-electron chi connectivity index (χ2n) is 4.61. The molecule has 0 amide bonds. The van der Waals surface area contributed by atoms with Gasteiger partial charge in [0, 0.05) is 19.7 Å². The Kier molecular flexibility index (Phi) is 3.39. The van der Waals surface area contributed by atoms with E-state index in [0.29, 0.717) is 11.6 Å². The molecule has 1 atom stereocenters. The lowest BCUT2D eigenvalue weighted by atomic mass is 10.4. The summed E-state index contributed by atoms with van der Waals surface area (Å²) >= 11 is 0. The summed E-state index contributed by atoms with van der Waals surface area (Å²) in [6, 6.07) is 3.73. The van der Waals surface area contributed by atoms with Gasteiger partial charge in [-0.3, -0.25) is 9.67 Å². The van der Waals surface area contributed by atoms with Gasteiger partial charge in [-0.15, -0.1) is 0 Å². The van der Waals surface area contributed by atoms with Crippen LogP contribution >= 0.6 is 0 Å². The van der Waals surface area contributed by atoms with Crippen molar-refractivity contribution >= 4 is 16.9 Å². The lowest BCUT2D eigenvalue weighted by Gasteiger charge is -2.17. The molecule has 0 saturated carbocycles. The molecular formula is C14H15N6O. The number of hydrogen-bond donors (Lipinski definition) is 1. The van der Waals surface area contributed by atoms with Crippen molar-refractivity contribution in [3.8, 4) is 5.75 Å². The zero-order chi connectivity index (χ0) is 14.8. The van der Waals surface area contributed by atoms with E-state index in [-0.39, 0.29) is 0 Å². The van der Waals surface area contributed by atoms with E-state index in [1.54, 1.807) is 17.1 Å². The van der Waals surface area contributed by atoms with Gasteiger partial charge in [-0.05, 0) is 19.1 Å². The normalized spacial score (nSPS) is 12.3. The van der Waals surface area contributed by atoms with Crippen LogP contribution in [-0.4, -0.2) is 31.0 Å². The SMILES string of the molecule is [CH2]C(Nc1ncnc2cnn(C)c12)Oc1ccc(C)nc1. The third kappa shape index (κ3) is 2.76. The molecule has 7 nitrogen and oxygen atoms in total. The number of fused-ring (bicyclic) bond motifs is 1. The Bertz CT molecular complexity index is 752. The van der Waals surface area contributed by atoms with Gasteiger partial charge in [0.25, 0.3) is 0 Å². The molecule has 0 aliphatic heterocycles. The van der Waals surface area contributed by atoms with Crippen LogP contribution in [0.2, 0.25) is 0 Å². The van der Waals surface area contributed by atoms with Gasteiger partial charge in [-0.25, -0.2) is 9.97 Å². The molecule has 1 unspecified atom stereocenters. The molecular weight excluding hydrogens is 268 g/mol. The van der Waals surface area contributed by atoms with Gasteiger partial charge in [0.15, 0.2) is 12.0 Å². The third-order valence-electron chi connectivity index (χ3n) is 2.99. The minimum absolute atomic E-state index is 0.512. The highest BCUT2D eigenvalue weighted by atomic mass is 16.5. The first-order valence-corrected chi connectivity index (χ1v) is 6.45. The van der Waals surface area contributed by atoms with E-state index in [1.165, 1.54) is 6.33 Å². The number of hydrogen-bond acceptors (Lipinski definition) is 6. The molecule has 21 heavy (non-hydrogen) atoms. The Morgan fingerprint density at radius 2 is 2.10 bits per heavy atom. The first-order valence-electron chi connectivity index (χ1n) is 6.45. The van der Waals surface area contributed by atoms with Crippen LogP contribution in [0, 0.1) is 13.8 Å². The van der Waals surface area contributed by atoms with Crippen molar-refractivity contribution in [2.75, 3.05) is 5.32 Å². The van der Waals surface area contributed by atoms with Crippen LogP contribution in [0.1, 0.15) is 5.69 Å². The van der Waals surface area contributed by atoms with Crippen LogP contribution in [0.3, 0.4) is 0 Å². The topological polar surface area (TPSA) is 77.8 Å². The van der Waals surface area contributed by atoms with Crippen molar-refractivity contribution in [3.05, 3.63) is 43.5 Å². The molecule has 7 heteroatoms. The predicted molar refractivity (Wildman–Crippen MR) is 78.7 cm³/mol. The Balaban J connectivity index is 1.78. The van der Waals surface area contributed by atoms with Gasteiger partial charge in [0.2, 0.25) is 0 Å². The first kappa shape index (κ1) is 13.3. The highest BCUT2D eigenvalue weighted by molar-refractivity contribution is 5.84. The number of aryl methyl sites for hydroxylation is 2. The fourth-order valence-corrected chi connectivity index (χ4v) is 1.98. The Morgan fingerprint density at radius 3 is 2.86 bits per heavy atom. The van der Waals surface area contributed by atoms with Crippen LogP contribution in [0.25, 0.3) is 11.0 Å². The molecule has 0 bridgehead atoms. The lowest BCUT2D eigenvalue weighted by Crippen LogP contribution is -2.24. The Labute approximate surface area is 122 Å². The van der Waals surface area contributed by atoms with Crippen molar-refractivity contribution in [1.82, 2.24) is 24.7 Å². The zero-order valence-corrected chi connectivity index (χ0v) is 11.8. The van der Waals surface area contributed by atoms with Crippen molar-refractivity contribution in [1.29, 1.82) is 0 Å². The number of rotatable bonds is 4. The summed E-state index contributed by atoms with van der Waals surface area (Å²) in [6.45, 7) is 5.84. The van der Waals surface area contributed by atoms with Crippen molar-refractivity contribution in [2.45, 2.75) is 13.2 Å². The van der Waals surface area contributed by atoms with E-state index < -0.39 is 6.23 Å². The molecule has 1 radical (unpaired) electrons. The maximum atomic E-state index is 5.66. The summed E-state index contributed by atoms with van der Waals surface area (Å²) in [5, 5.41) is 7.26. The molecule has 0 aliphatic rings. The van der Waals surface area contributed by atoms with Crippen molar-refractivity contribution < 1.29 is 4.74 Å². The lowest BCUT2D eigenvalue weighted by molar-refractivity contribution is 0.274. The average Bonchev–Trinajstić information content (AvgIpc) is 2.84. The number of ether oxygens (including phenoxy) is 1. The standard InChI is InChI=1S/C14H15N6O/c1-9-4-5-11(6-15-9)21-10(2)19-14-13-12(16-8-17-14)7-18-20(13)3/h4-8,10H,2H2,1,3H3,(H,16,17,19). The molecule has 3 aromatic heterocycles. The van der Waals surface area contributed by atoms with E-state index >= 15 is 0 Å². The van der Waals surface area contributed by atoms with E-state index in [0.717, 1.165) is 16.7 Å². The van der Waals surface area contributed by atoms with Gasteiger partial charge >= 0.3 is 0 Å². The summed E-state index contributed by atoms with van der Waals surface area (Å²) in [6.07, 6.45) is 4.31. The van der Waals surface area contributed by atoms with E-state index in [4.69, 9.17) is 4.74 Å². The van der Waals surface area contributed by atoms with Gasteiger partial charge < -0.3 is 10.1 Å². The molecule has 0 saturated heterocycles. The molecule has 0 aromatic carbocycles. The minimum Gasteiger partial charge on any atom is -0.469 e. The van der Waals surface area contributed by atoms with Crippen LogP contribution in [0.4, 0.5) is 5.82 Å². The largest absolute Gasteiger partial charge is 0.469 e. The van der Waals surface area contributed by atoms with E-state index in [9.17, 15) is 0 Å². The van der Waals surface area contributed by atoms with Crippen molar-refractivity contribution in [3.63, 3.8) is 0 Å². The first-order chi connectivity index (χ1) is 10.1. The third-order valence-corrected chi connectivity index (χ3v) is 2.99. The molecule has 107 valence electrons. The predicted octanol–water partition coefficient (Wildman–Crippen LogP) is 1.72. The second kappa shape index (κ2) is 5.35. The molecule has 3 rings (SSSR count). The van der Waals surface area contributed by atoms with Crippen LogP contribution in [0.15, 0.2) is 30.9 Å². The summed E-state index contributed by atoms with van der Waals surface area (Å²) in [4.78, 5) is 12.5. The van der Waals surface area contributed by atoms with Crippen LogP contribution in [0.5, 0.6) is 5.75 Å². The van der Waals surface area contributed by atoms with Crippen LogP contribution < -0.4 is 10.1 Å². The van der Waals surface area contributed by atoms with Gasteiger partial charge in [-0.1, -0.05) is 0 Å². The quantitative estimate of drug-likeness (QED) is 0.735. The number of anilines is 1. The summed E-state index contributed by atoms with van der Waals surface area (Å²) in [7, 11) is 1.83. The highest BCUT2D eigenvalue weighted by Crippen LogP contribution is 2.19. The highest BCUT2D eigenvalue weighted by Gasteiger charge is 2.11. The summed E-state index contributed by atoms with van der Waals surface area (Å²) in [5.41, 5.74) is 2.50. The maximum absolute atomic E-state index is 5.66. The number of aromatic nitrogens is 5. The maximum Gasteiger partial charge on any atom is 0.171 e. The van der Waals surface area contributed by atoms with Gasteiger partial charge in [0.1, 0.15) is 23.1 Å². The van der Waals surface area contributed by atoms with Crippen molar-refractivity contribution in [2.24, 2.45) is 7.05 Å². The summed E-state index contributed by atoms with van der Waals surface area (Å²) in [5.74, 6) is 1.27. The molecule has 0 fully saturated rings. The molecule has 0 spiro atoms. The number of nitrogens with one attached hydrogen (secondary N) is 1. The minimum atomic E-state index is -0.512. The number of pyridine rings is 1. The van der Waals surface area contributed by atoms with Gasteiger partial charge in [0.05, 0.1) is 12.4 Å². The average molecular weight is 283 g/mol. The molecule has 3 heterocycles. The fraction of sp³-hybridized carbons (Fsp3) is 0.214. The molecule has 1 N–H and O–H groups in total. The Morgan fingerprint density at radius 1 is 1.24 bits per heavy atom.